The smallest absolute Gasteiger partial charge is 0.250 e. The second-order valence-electron chi connectivity index (χ2n) is 9.40. The van der Waals surface area contributed by atoms with Gasteiger partial charge in [0.05, 0.1) is 18.0 Å². The molecule has 0 saturated heterocycles. The molecular formula is C25H30N2O2. The molecule has 0 aromatic heterocycles. The van der Waals surface area contributed by atoms with Gasteiger partial charge in [-0.1, -0.05) is 42.5 Å². The summed E-state index contributed by atoms with van der Waals surface area (Å²) < 4.78 is 5.60. The van der Waals surface area contributed by atoms with Crippen molar-refractivity contribution in [3.63, 3.8) is 0 Å². The Morgan fingerprint density at radius 2 is 1.45 bits per heavy atom. The second-order valence-corrected chi connectivity index (χ2v) is 9.40. The molecule has 0 spiro atoms. The summed E-state index contributed by atoms with van der Waals surface area (Å²) >= 11 is 0. The Balaban J connectivity index is 1.21. The van der Waals surface area contributed by atoms with Gasteiger partial charge in [-0.15, -0.1) is 0 Å². The van der Waals surface area contributed by atoms with Crippen LogP contribution in [-0.4, -0.2) is 18.1 Å². The first-order chi connectivity index (χ1) is 14.2. The highest BCUT2D eigenvalue weighted by molar-refractivity contribution is 5.95. The Morgan fingerprint density at radius 3 is 2.10 bits per heavy atom. The van der Waals surface area contributed by atoms with E-state index in [-0.39, 0.29) is 18.1 Å². The predicted octanol–water partition coefficient (Wildman–Crippen LogP) is 5.22. The highest BCUT2D eigenvalue weighted by Crippen LogP contribution is 2.56. The summed E-state index contributed by atoms with van der Waals surface area (Å²) in [5.74, 6) is 2.56. The molecule has 0 unspecified atom stereocenters. The molecule has 0 radical (unpaired) electrons. The molecule has 1 amide bonds. The lowest BCUT2D eigenvalue weighted by Gasteiger charge is -2.57. The zero-order valence-electron chi connectivity index (χ0n) is 16.9. The number of nitrogens with one attached hydrogen (secondary N) is 2. The van der Waals surface area contributed by atoms with E-state index >= 15 is 0 Å². The molecule has 4 bridgehead atoms. The predicted molar refractivity (Wildman–Crippen MR) is 116 cm³/mol. The number of ether oxygens (including phenoxy) is 1. The third-order valence-electron chi connectivity index (χ3n) is 6.98. The molecule has 0 atom stereocenters. The molecule has 29 heavy (non-hydrogen) atoms. The minimum atomic E-state index is -0.110. The van der Waals surface area contributed by atoms with E-state index in [0.29, 0.717) is 6.61 Å². The van der Waals surface area contributed by atoms with E-state index in [9.17, 15) is 4.79 Å². The summed E-state index contributed by atoms with van der Waals surface area (Å²) in [5.41, 5.74) is 3.20. The quantitative estimate of drug-likeness (QED) is 0.681. The number of hydrogen-bond acceptors (Lipinski definition) is 3. The van der Waals surface area contributed by atoms with Crippen molar-refractivity contribution in [1.29, 1.82) is 0 Å². The van der Waals surface area contributed by atoms with Crippen molar-refractivity contribution in [1.82, 2.24) is 0 Å². The number of amides is 1. The summed E-state index contributed by atoms with van der Waals surface area (Å²) in [4.78, 5) is 12.5. The van der Waals surface area contributed by atoms with Crippen molar-refractivity contribution in [2.24, 2.45) is 17.8 Å². The van der Waals surface area contributed by atoms with Crippen molar-refractivity contribution >= 4 is 17.3 Å². The van der Waals surface area contributed by atoms with E-state index in [0.717, 1.165) is 34.7 Å². The Kier molecular flexibility index (Phi) is 5.04. The normalized spacial score (nSPS) is 29.6. The van der Waals surface area contributed by atoms with Crippen LogP contribution in [0.1, 0.15) is 44.1 Å². The van der Waals surface area contributed by atoms with E-state index in [2.05, 4.69) is 16.7 Å². The Hall–Kier alpha value is -2.33. The van der Waals surface area contributed by atoms with Crippen LogP contribution >= 0.6 is 0 Å². The molecule has 4 aliphatic rings. The highest BCUT2D eigenvalue weighted by Gasteiger charge is 2.51. The lowest BCUT2D eigenvalue weighted by Crippen LogP contribution is -2.54. The Labute approximate surface area is 173 Å². The molecule has 4 aliphatic carbocycles. The number of carbonyl (C=O) groups excluding carboxylic acids is 1. The number of para-hydroxylation sites is 2. The van der Waals surface area contributed by atoms with Gasteiger partial charge in [0.2, 0.25) is 5.91 Å². The molecule has 0 heterocycles. The summed E-state index contributed by atoms with van der Waals surface area (Å²) in [5, 5.41) is 6.94. The molecule has 6 rings (SSSR count). The van der Waals surface area contributed by atoms with E-state index in [1.54, 1.807) is 0 Å². The fourth-order valence-electron chi connectivity index (χ4n) is 6.27. The summed E-state index contributed by atoms with van der Waals surface area (Å²) in [7, 11) is 0. The van der Waals surface area contributed by atoms with Crippen LogP contribution in [0.3, 0.4) is 0 Å². The number of rotatable bonds is 7. The van der Waals surface area contributed by atoms with Gasteiger partial charge < -0.3 is 15.4 Å². The van der Waals surface area contributed by atoms with Crippen LogP contribution in [0.2, 0.25) is 0 Å². The van der Waals surface area contributed by atoms with Gasteiger partial charge in [-0.05, 0) is 74.0 Å². The topological polar surface area (TPSA) is 50.4 Å². The van der Waals surface area contributed by atoms with Crippen LogP contribution in [0.5, 0.6) is 0 Å². The number of anilines is 2. The fraction of sp³-hybridized carbons (Fsp3) is 0.480. The van der Waals surface area contributed by atoms with Crippen LogP contribution in [0.15, 0.2) is 54.6 Å². The fourth-order valence-corrected chi connectivity index (χ4v) is 6.27. The van der Waals surface area contributed by atoms with E-state index in [1.807, 2.05) is 48.5 Å². The molecule has 152 valence electrons. The monoisotopic (exact) mass is 390 g/mol. The summed E-state index contributed by atoms with van der Waals surface area (Å²) in [6, 6.07) is 18.0. The molecule has 4 nitrogen and oxygen atoms in total. The van der Waals surface area contributed by atoms with Crippen molar-refractivity contribution in [2.45, 2.75) is 50.7 Å². The minimum Gasteiger partial charge on any atom is -0.378 e. The average molecular weight is 391 g/mol. The molecule has 2 aromatic rings. The van der Waals surface area contributed by atoms with Gasteiger partial charge in [0.1, 0.15) is 6.61 Å². The van der Waals surface area contributed by atoms with Crippen molar-refractivity contribution in [3.05, 3.63) is 60.2 Å². The third kappa shape index (κ3) is 4.18. The van der Waals surface area contributed by atoms with Crippen LogP contribution in [-0.2, 0) is 16.1 Å². The van der Waals surface area contributed by atoms with Gasteiger partial charge in [0.25, 0.3) is 0 Å². The number of hydrogen-bond donors (Lipinski definition) is 2. The van der Waals surface area contributed by atoms with Gasteiger partial charge in [-0.2, -0.15) is 0 Å². The zero-order chi connectivity index (χ0) is 19.7. The lowest BCUT2D eigenvalue weighted by atomic mass is 9.53. The minimum absolute atomic E-state index is 0.0561. The maximum atomic E-state index is 12.5. The van der Waals surface area contributed by atoms with E-state index in [4.69, 9.17) is 4.74 Å². The van der Waals surface area contributed by atoms with Crippen molar-refractivity contribution in [2.75, 3.05) is 17.2 Å². The summed E-state index contributed by atoms with van der Waals surface area (Å²) in [6.45, 7) is 0.502. The summed E-state index contributed by atoms with van der Waals surface area (Å²) in [6.07, 6.45) is 8.12. The first-order valence-corrected chi connectivity index (χ1v) is 11.0. The van der Waals surface area contributed by atoms with Crippen molar-refractivity contribution in [3.8, 4) is 0 Å². The standard InChI is InChI=1S/C25H30N2O2/c28-24(17-29-16-18-6-2-1-3-7-18)26-22-8-4-5-9-23(22)27-25-13-19-10-20(14-25)12-21(11-19)15-25/h1-9,19-21,27H,10-17H2,(H,26,28). The van der Waals surface area contributed by atoms with Crippen molar-refractivity contribution < 1.29 is 9.53 Å². The second kappa shape index (κ2) is 7.83. The molecule has 4 saturated carbocycles. The maximum Gasteiger partial charge on any atom is 0.250 e. The van der Waals surface area contributed by atoms with Crippen LogP contribution in [0.4, 0.5) is 11.4 Å². The molecule has 2 N–H and O–H groups in total. The average Bonchev–Trinajstić information content (AvgIpc) is 2.69. The van der Waals surface area contributed by atoms with Gasteiger partial charge in [-0.3, -0.25) is 4.79 Å². The molecule has 4 heteroatoms. The molecule has 2 aromatic carbocycles. The maximum absolute atomic E-state index is 12.5. The SMILES string of the molecule is O=C(COCc1ccccc1)Nc1ccccc1NC12CC3CC(CC(C3)C1)C2. The lowest BCUT2D eigenvalue weighted by molar-refractivity contribution is -0.121. The Morgan fingerprint density at radius 1 is 0.862 bits per heavy atom. The molecular weight excluding hydrogens is 360 g/mol. The number of benzene rings is 2. The molecule has 4 fully saturated rings. The van der Waals surface area contributed by atoms with E-state index in [1.165, 1.54) is 38.5 Å². The Bertz CT molecular complexity index is 829. The van der Waals surface area contributed by atoms with Gasteiger partial charge in [-0.25, -0.2) is 0 Å². The molecule has 0 aliphatic heterocycles. The van der Waals surface area contributed by atoms with Gasteiger partial charge in [0, 0.05) is 5.54 Å². The zero-order valence-corrected chi connectivity index (χ0v) is 16.9. The van der Waals surface area contributed by atoms with E-state index < -0.39 is 0 Å². The van der Waals surface area contributed by atoms with Crippen LogP contribution in [0, 0.1) is 17.8 Å². The third-order valence-corrected chi connectivity index (χ3v) is 6.98. The highest BCUT2D eigenvalue weighted by atomic mass is 16.5. The van der Waals surface area contributed by atoms with Crippen LogP contribution in [0.25, 0.3) is 0 Å². The first-order valence-electron chi connectivity index (χ1n) is 11.0. The van der Waals surface area contributed by atoms with Gasteiger partial charge >= 0.3 is 0 Å². The number of carbonyl (C=O) groups is 1. The largest absolute Gasteiger partial charge is 0.378 e. The van der Waals surface area contributed by atoms with Crippen LogP contribution < -0.4 is 10.6 Å². The first kappa shape index (κ1) is 18.7. The van der Waals surface area contributed by atoms with Gasteiger partial charge in [0.15, 0.2) is 0 Å².